The van der Waals surface area contributed by atoms with Crippen molar-refractivity contribution in [1.82, 2.24) is 20.3 Å². The highest BCUT2D eigenvalue weighted by molar-refractivity contribution is 5.96. The van der Waals surface area contributed by atoms with Crippen molar-refractivity contribution in [3.63, 3.8) is 0 Å². The van der Waals surface area contributed by atoms with Crippen molar-refractivity contribution in [3.8, 4) is 23.1 Å². The van der Waals surface area contributed by atoms with Crippen molar-refractivity contribution in [1.29, 1.82) is 0 Å². The van der Waals surface area contributed by atoms with Gasteiger partial charge in [0, 0.05) is 23.7 Å². The number of amides is 1. The number of H-pyrrole nitrogens is 1. The van der Waals surface area contributed by atoms with E-state index >= 15 is 0 Å². The summed E-state index contributed by atoms with van der Waals surface area (Å²) in [5.74, 6) is 1.19. The Kier molecular flexibility index (Phi) is 6.49. The number of rotatable bonds is 6. The zero-order valence-corrected chi connectivity index (χ0v) is 18.2. The number of carbonyl (C=O) groups excluding carboxylic acids is 1. The van der Waals surface area contributed by atoms with Gasteiger partial charge in [-0.2, -0.15) is 4.98 Å². The first kappa shape index (κ1) is 21.5. The number of benzene rings is 1. The van der Waals surface area contributed by atoms with E-state index < -0.39 is 0 Å². The smallest absolute Gasteiger partial charge is 0.256 e. The fraction of sp³-hybridized carbons (Fsp3) is 0.333. The molecule has 32 heavy (non-hydrogen) atoms. The topological polar surface area (TPSA) is 106 Å². The quantitative estimate of drug-likeness (QED) is 0.578. The lowest BCUT2D eigenvalue weighted by Crippen LogP contribution is -2.30. The van der Waals surface area contributed by atoms with Crippen molar-refractivity contribution in [2.75, 3.05) is 20.8 Å². The molecule has 0 saturated carbocycles. The van der Waals surface area contributed by atoms with Gasteiger partial charge >= 0.3 is 0 Å². The average molecular weight is 434 g/mol. The summed E-state index contributed by atoms with van der Waals surface area (Å²) >= 11 is 0. The first-order valence-electron chi connectivity index (χ1n) is 10.6. The Morgan fingerprint density at radius 1 is 1.06 bits per heavy atom. The minimum Gasteiger partial charge on any atom is -0.481 e. The second kappa shape index (κ2) is 9.64. The molecule has 1 aliphatic carbocycles. The number of aromatic amines is 1. The van der Waals surface area contributed by atoms with Crippen LogP contribution in [0.1, 0.15) is 34.5 Å². The van der Waals surface area contributed by atoms with E-state index in [1.807, 2.05) is 30.3 Å². The van der Waals surface area contributed by atoms with Gasteiger partial charge in [0.2, 0.25) is 11.8 Å². The molecular weight excluding hydrogens is 408 g/mol. The lowest BCUT2D eigenvalue weighted by molar-refractivity contribution is 0.0942. The highest BCUT2D eigenvalue weighted by Gasteiger charge is 2.22. The highest BCUT2D eigenvalue weighted by Crippen LogP contribution is 2.24. The third kappa shape index (κ3) is 4.64. The second-order valence-electron chi connectivity index (χ2n) is 7.77. The van der Waals surface area contributed by atoms with Gasteiger partial charge in [-0.15, -0.1) is 0 Å². The normalized spacial score (nSPS) is 15.4. The summed E-state index contributed by atoms with van der Waals surface area (Å²) in [6.07, 6.45) is 2.99. The van der Waals surface area contributed by atoms with Crippen LogP contribution in [0.4, 0.5) is 0 Å². The number of ether oxygens (including phenoxy) is 2. The molecular formula is C24H26N4O4. The van der Waals surface area contributed by atoms with E-state index in [0.717, 1.165) is 29.7 Å². The number of nitrogens with one attached hydrogen (secondary N) is 2. The summed E-state index contributed by atoms with van der Waals surface area (Å²) in [4.78, 5) is 37.2. The number of aromatic nitrogens is 3. The molecule has 8 heteroatoms. The maximum atomic E-state index is 12.7. The molecule has 0 saturated heterocycles. The largest absolute Gasteiger partial charge is 0.481 e. The van der Waals surface area contributed by atoms with E-state index in [1.165, 1.54) is 14.2 Å². The Bertz CT molecular complexity index is 1160. The Morgan fingerprint density at radius 2 is 1.84 bits per heavy atom. The second-order valence-corrected chi connectivity index (χ2v) is 7.77. The molecule has 3 aromatic rings. The van der Waals surface area contributed by atoms with E-state index in [9.17, 15) is 9.59 Å². The maximum Gasteiger partial charge on any atom is 0.256 e. The summed E-state index contributed by atoms with van der Waals surface area (Å²) in [6, 6.07) is 12.9. The predicted molar refractivity (Wildman–Crippen MR) is 120 cm³/mol. The minimum absolute atomic E-state index is 0.0763. The maximum absolute atomic E-state index is 12.7. The first-order valence-corrected chi connectivity index (χ1v) is 10.6. The number of fused-ring (bicyclic) bond motifs is 1. The van der Waals surface area contributed by atoms with Crippen LogP contribution in [0.25, 0.3) is 11.4 Å². The van der Waals surface area contributed by atoms with Crippen LogP contribution in [0.2, 0.25) is 0 Å². The summed E-state index contributed by atoms with van der Waals surface area (Å²) in [7, 11) is 2.98. The van der Waals surface area contributed by atoms with Crippen LogP contribution in [0.15, 0.2) is 47.3 Å². The van der Waals surface area contributed by atoms with Crippen LogP contribution in [-0.4, -0.2) is 41.6 Å². The van der Waals surface area contributed by atoms with Crippen molar-refractivity contribution in [2.45, 2.75) is 25.7 Å². The van der Waals surface area contributed by atoms with Gasteiger partial charge in [0.15, 0.2) is 0 Å². The van der Waals surface area contributed by atoms with Crippen LogP contribution in [0, 0.1) is 5.92 Å². The average Bonchev–Trinajstić information content (AvgIpc) is 3.05. The van der Waals surface area contributed by atoms with E-state index in [1.54, 1.807) is 12.1 Å². The number of pyridine rings is 1. The molecule has 8 nitrogen and oxygen atoms in total. The fourth-order valence-electron chi connectivity index (χ4n) is 3.98. The Morgan fingerprint density at radius 3 is 2.59 bits per heavy atom. The highest BCUT2D eigenvalue weighted by atomic mass is 16.5. The zero-order valence-electron chi connectivity index (χ0n) is 18.2. The molecule has 1 amide bonds. The molecule has 0 radical (unpaired) electrons. The zero-order chi connectivity index (χ0) is 22.5. The van der Waals surface area contributed by atoms with Crippen LogP contribution >= 0.6 is 0 Å². The monoisotopic (exact) mass is 434 g/mol. The SMILES string of the molecule is COc1ccc(C(=O)NCC2CCc3nc(-c4ccccc4)[nH]c(=O)c3CC2)c(OC)n1. The third-order valence-corrected chi connectivity index (χ3v) is 5.77. The van der Waals surface area contributed by atoms with E-state index in [0.29, 0.717) is 36.7 Å². The standard InChI is InChI=1S/C24H26N4O4/c1-31-20-13-11-18(24(27-20)32-2)22(29)25-14-15-8-10-17-19(12-9-15)26-21(28-23(17)30)16-6-4-3-5-7-16/h3-7,11,13,15H,8-10,12,14H2,1-2H3,(H,25,29)(H,26,28,30). The number of hydrogen-bond acceptors (Lipinski definition) is 6. The number of hydrogen-bond donors (Lipinski definition) is 2. The van der Waals surface area contributed by atoms with E-state index in [4.69, 9.17) is 14.5 Å². The number of methoxy groups -OCH3 is 2. The van der Waals surface area contributed by atoms with Gasteiger partial charge < -0.3 is 19.8 Å². The molecule has 0 spiro atoms. The predicted octanol–water partition coefficient (Wildman–Crippen LogP) is 2.77. The Balaban J connectivity index is 1.43. The molecule has 2 heterocycles. The van der Waals surface area contributed by atoms with Gasteiger partial charge in [0.1, 0.15) is 11.4 Å². The van der Waals surface area contributed by atoms with Crippen LogP contribution in [0.3, 0.4) is 0 Å². The lowest BCUT2D eigenvalue weighted by atomic mass is 9.99. The van der Waals surface area contributed by atoms with Gasteiger partial charge in [-0.05, 0) is 37.7 Å². The van der Waals surface area contributed by atoms with Gasteiger partial charge in [-0.3, -0.25) is 9.59 Å². The molecule has 0 fully saturated rings. The van der Waals surface area contributed by atoms with E-state index in [2.05, 4.69) is 15.3 Å². The Labute approximate surface area is 186 Å². The molecule has 1 aromatic carbocycles. The van der Waals surface area contributed by atoms with Gasteiger partial charge in [0.05, 0.1) is 19.9 Å². The van der Waals surface area contributed by atoms with Crippen LogP contribution in [0.5, 0.6) is 11.8 Å². The molecule has 166 valence electrons. The summed E-state index contributed by atoms with van der Waals surface area (Å²) in [5.41, 5.74) is 2.77. The first-order chi connectivity index (χ1) is 15.6. The number of nitrogens with zero attached hydrogens (tertiary/aromatic N) is 2. The van der Waals surface area contributed by atoms with Gasteiger partial charge in [-0.1, -0.05) is 30.3 Å². The molecule has 4 rings (SSSR count). The molecule has 1 atom stereocenters. The minimum atomic E-state index is -0.249. The Hall–Kier alpha value is -3.68. The van der Waals surface area contributed by atoms with Crippen LogP contribution < -0.4 is 20.3 Å². The molecule has 1 aliphatic rings. The van der Waals surface area contributed by atoms with E-state index in [-0.39, 0.29) is 23.3 Å². The van der Waals surface area contributed by atoms with Crippen molar-refractivity contribution >= 4 is 5.91 Å². The summed E-state index contributed by atoms with van der Waals surface area (Å²) in [5, 5.41) is 2.98. The molecule has 0 bridgehead atoms. The number of aryl methyl sites for hydroxylation is 1. The summed E-state index contributed by atoms with van der Waals surface area (Å²) < 4.78 is 10.3. The van der Waals surface area contributed by atoms with Crippen molar-refractivity contribution < 1.29 is 14.3 Å². The fourth-order valence-corrected chi connectivity index (χ4v) is 3.98. The van der Waals surface area contributed by atoms with Crippen molar-refractivity contribution in [2.24, 2.45) is 5.92 Å². The lowest BCUT2D eigenvalue weighted by Gasteiger charge is -2.15. The molecule has 2 N–H and O–H groups in total. The third-order valence-electron chi connectivity index (χ3n) is 5.77. The number of carbonyl (C=O) groups is 1. The van der Waals surface area contributed by atoms with Crippen molar-refractivity contribution in [3.05, 3.63) is 69.6 Å². The molecule has 1 unspecified atom stereocenters. The van der Waals surface area contributed by atoms with Gasteiger partial charge in [-0.25, -0.2) is 4.98 Å². The summed E-state index contributed by atoms with van der Waals surface area (Å²) in [6.45, 7) is 0.505. The van der Waals surface area contributed by atoms with Crippen LogP contribution in [-0.2, 0) is 12.8 Å². The molecule has 2 aromatic heterocycles. The van der Waals surface area contributed by atoms with Gasteiger partial charge in [0.25, 0.3) is 11.5 Å². The molecule has 0 aliphatic heterocycles.